The predicted octanol–water partition coefficient (Wildman–Crippen LogP) is 2.69. The second kappa shape index (κ2) is 5.99. The van der Waals surface area contributed by atoms with Gasteiger partial charge < -0.3 is 5.32 Å². The van der Waals surface area contributed by atoms with E-state index >= 15 is 0 Å². The van der Waals surface area contributed by atoms with Crippen LogP contribution in [-0.2, 0) is 11.3 Å². The van der Waals surface area contributed by atoms with E-state index < -0.39 is 0 Å². The summed E-state index contributed by atoms with van der Waals surface area (Å²) in [4.78, 5) is 28.2. The van der Waals surface area contributed by atoms with E-state index in [2.05, 4.69) is 10.3 Å². The molecule has 1 N–H and O–H groups in total. The molecule has 0 aliphatic heterocycles. The summed E-state index contributed by atoms with van der Waals surface area (Å²) in [6.07, 6.45) is 1.22. The number of hydrogen-bond acceptors (Lipinski definition) is 3. The predicted molar refractivity (Wildman–Crippen MR) is 86.1 cm³/mol. The maximum atomic E-state index is 12.2. The van der Waals surface area contributed by atoms with Crippen LogP contribution < -0.4 is 10.9 Å². The van der Waals surface area contributed by atoms with Crippen LogP contribution in [0.4, 0.5) is 5.69 Å². The lowest BCUT2D eigenvalue weighted by Crippen LogP contribution is -2.27. The van der Waals surface area contributed by atoms with Crippen LogP contribution in [-0.4, -0.2) is 15.5 Å². The van der Waals surface area contributed by atoms with Gasteiger partial charge in [0.2, 0.25) is 5.91 Å². The van der Waals surface area contributed by atoms with Gasteiger partial charge in [-0.15, -0.1) is 0 Å². The summed E-state index contributed by atoms with van der Waals surface area (Å²) in [6.45, 7) is -0.0889. The third-order valence-electron chi connectivity index (χ3n) is 3.16. The molecule has 0 unspecified atom stereocenters. The third-order valence-corrected chi connectivity index (χ3v) is 3.40. The van der Waals surface area contributed by atoms with Crippen molar-refractivity contribution in [1.29, 1.82) is 0 Å². The van der Waals surface area contributed by atoms with Crippen molar-refractivity contribution in [2.75, 3.05) is 5.32 Å². The lowest BCUT2D eigenvalue weighted by molar-refractivity contribution is -0.116. The normalized spacial score (nSPS) is 10.6. The van der Waals surface area contributed by atoms with Gasteiger partial charge in [0.1, 0.15) is 6.54 Å². The number of para-hydroxylation sites is 2. The maximum Gasteiger partial charge on any atom is 0.269 e. The number of carbonyl (C=O) groups is 1. The number of aromatic nitrogens is 2. The summed E-state index contributed by atoms with van der Waals surface area (Å²) in [5.74, 6) is -0.305. The van der Waals surface area contributed by atoms with Gasteiger partial charge in [0, 0.05) is 10.7 Å². The molecule has 0 aliphatic carbocycles. The number of fused-ring (bicyclic) bond motifs is 1. The van der Waals surface area contributed by atoms with E-state index in [0.29, 0.717) is 21.7 Å². The minimum Gasteiger partial charge on any atom is -0.324 e. The van der Waals surface area contributed by atoms with Crippen LogP contribution in [0.2, 0.25) is 5.02 Å². The highest BCUT2D eigenvalue weighted by atomic mass is 35.5. The van der Waals surface area contributed by atoms with Gasteiger partial charge >= 0.3 is 0 Å². The van der Waals surface area contributed by atoms with Crippen molar-refractivity contribution in [1.82, 2.24) is 9.55 Å². The molecular weight excluding hydrogens is 302 g/mol. The molecule has 5 nitrogen and oxygen atoms in total. The molecule has 0 fully saturated rings. The summed E-state index contributed by atoms with van der Waals surface area (Å²) in [7, 11) is 0. The number of hydrogen-bond donors (Lipinski definition) is 1. The Morgan fingerprint density at radius 2 is 2.00 bits per heavy atom. The monoisotopic (exact) mass is 313 g/mol. The highest BCUT2D eigenvalue weighted by molar-refractivity contribution is 6.30. The van der Waals surface area contributed by atoms with Crippen LogP contribution in [0.25, 0.3) is 11.0 Å². The van der Waals surface area contributed by atoms with Gasteiger partial charge in [-0.05, 0) is 30.3 Å². The highest BCUT2D eigenvalue weighted by Crippen LogP contribution is 2.15. The number of amides is 1. The first-order chi connectivity index (χ1) is 10.6. The molecule has 0 atom stereocenters. The van der Waals surface area contributed by atoms with E-state index in [0.717, 1.165) is 0 Å². The molecule has 22 heavy (non-hydrogen) atoms. The first-order valence-electron chi connectivity index (χ1n) is 6.63. The van der Waals surface area contributed by atoms with E-state index in [1.165, 1.54) is 10.8 Å². The topological polar surface area (TPSA) is 64.0 Å². The molecular formula is C16H12ClN3O2. The molecule has 2 aromatic carbocycles. The lowest BCUT2D eigenvalue weighted by atomic mass is 10.3. The molecule has 0 aliphatic rings. The molecule has 1 heterocycles. The van der Waals surface area contributed by atoms with Crippen LogP contribution in [0.5, 0.6) is 0 Å². The zero-order valence-corrected chi connectivity index (χ0v) is 12.2. The SMILES string of the molecule is O=C(Cn1c(=O)cnc2ccccc21)Nc1cccc(Cl)c1. The summed E-state index contributed by atoms with van der Waals surface area (Å²) in [5.41, 5.74) is 1.55. The number of rotatable bonds is 3. The van der Waals surface area contributed by atoms with Crippen LogP contribution >= 0.6 is 11.6 Å². The van der Waals surface area contributed by atoms with Crippen LogP contribution in [0, 0.1) is 0 Å². The molecule has 0 saturated heterocycles. The van der Waals surface area contributed by atoms with Crippen molar-refractivity contribution in [2.45, 2.75) is 6.54 Å². The van der Waals surface area contributed by atoms with Crippen LogP contribution in [0.1, 0.15) is 0 Å². The number of carbonyl (C=O) groups excluding carboxylic acids is 1. The zero-order chi connectivity index (χ0) is 15.5. The Morgan fingerprint density at radius 3 is 2.82 bits per heavy atom. The van der Waals surface area contributed by atoms with E-state index in [9.17, 15) is 9.59 Å². The molecule has 3 rings (SSSR count). The summed E-state index contributed by atoms with van der Waals surface area (Å²) < 4.78 is 1.39. The van der Waals surface area contributed by atoms with Gasteiger partial charge in [-0.2, -0.15) is 0 Å². The second-order valence-corrected chi connectivity index (χ2v) is 5.17. The fourth-order valence-electron chi connectivity index (χ4n) is 2.19. The minimum absolute atomic E-state index is 0.0889. The minimum atomic E-state index is -0.319. The molecule has 1 amide bonds. The lowest BCUT2D eigenvalue weighted by Gasteiger charge is -2.10. The van der Waals surface area contributed by atoms with E-state index in [1.807, 2.05) is 6.07 Å². The van der Waals surface area contributed by atoms with Crippen molar-refractivity contribution >= 4 is 34.2 Å². The van der Waals surface area contributed by atoms with Crippen LogP contribution in [0.3, 0.4) is 0 Å². The van der Waals surface area contributed by atoms with Gasteiger partial charge in [0.25, 0.3) is 5.56 Å². The van der Waals surface area contributed by atoms with E-state index in [1.54, 1.807) is 42.5 Å². The number of halogens is 1. The fourth-order valence-corrected chi connectivity index (χ4v) is 2.38. The summed E-state index contributed by atoms with van der Waals surface area (Å²) in [5, 5.41) is 3.25. The van der Waals surface area contributed by atoms with Gasteiger partial charge in [-0.25, -0.2) is 4.98 Å². The molecule has 0 radical (unpaired) electrons. The maximum absolute atomic E-state index is 12.2. The largest absolute Gasteiger partial charge is 0.324 e. The Morgan fingerprint density at radius 1 is 1.18 bits per heavy atom. The quantitative estimate of drug-likeness (QED) is 0.808. The molecule has 0 saturated carbocycles. The highest BCUT2D eigenvalue weighted by Gasteiger charge is 2.09. The second-order valence-electron chi connectivity index (χ2n) is 4.73. The van der Waals surface area contributed by atoms with E-state index in [4.69, 9.17) is 11.6 Å². The number of nitrogens with one attached hydrogen (secondary N) is 1. The molecule has 0 spiro atoms. The Kier molecular flexibility index (Phi) is 3.89. The summed E-state index contributed by atoms with van der Waals surface area (Å²) in [6, 6.07) is 14.0. The third kappa shape index (κ3) is 2.99. The van der Waals surface area contributed by atoms with Gasteiger partial charge in [0.15, 0.2) is 0 Å². The van der Waals surface area contributed by atoms with Gasteiger partial charge in [0.05, 0.1) is 17.2 Å². The summed E-state index contributed by atoms with van der Waals surface area (Å²) >= 11 is 5.88. The Bertz CT molecular complexity index is 905. The number of benzene rings is 2. The smallest absolute Gasteiger partial charge is 0.269 e. The molecule has 0 bridgehead atoms. The molecule has 1 aromatic heterocycles. The Hall–Kier alpha value is -2.66. The average molecular weight is 314 g/mol. The number of anilines is 1. The van der Waals surface area contributed by atoms with Gasteiger partial charge in [-0.3, -0.25) is 14.2 Å². The van der Waals surface area contributed by atoms with E-state index in [-0.39, 0.29) is 18.0 Å². The van der Waals surface area contributed by atoms with Crippen molar-refractivity contribution in [2.24, 2.45) is 0 Å². The molecule has 110 valence electrons. The first-order valence-corrected chi connectivity index (χ1v) is 7.01. The molecule has 3 aromatic rings. The first kappa shape index (κ1) is 14.3. The van der Waals surface area contributed by atoms with Crippen molar-refractivity contribution < 1.29 is 4.79 Å². The zero-order valence-electron chi connectivity index (χ0n) is 11.5. The number of nitrogens with zero attached hydrogens (tertiary/aromatic N) is 2. The van der Waals surface area contributed by atoms with Crippen LogP contribution in [0.15, 0.2) is 59.5 Å². The van der Waals surface area contributed by atoms with Crippen molar-refractivity contribution in [3.8, 4) is 0 Å². The Labute approximate surface area is 131 Å². The van der Waals surface area contributed by atoms with Crippen molar-refractivity contribution in [3.63, 3.8) is 0 Å². The standard InChI is InChI=1S/C16H12ClN3O2/c17-11-4-3-5-12(8-11)19-15(21)10-20-14-7-2-1-6-13(14)18-9-16(20)22/h1-9H,10H2,(H,19,21). The molecule has 6 heteroatoms. The van der Waals surface area contributed by atoms with Crippen molar-refractivity contribution in [3.05, 3.63) is 70.1 Å². The van der Waals surface area contributed by atoms with Gasteiger partial charge in [-0.1, -0.05) is 29.8 Å². The fraction of sp³-hybridized carbons (Fsp3) is 0.0625. The Balaban J connectivity index is 1.88. The average Bonchev–Trinajstić information content (AvgIpc) is 2.50.